The highest BCUT2D eigenvalue weighted by Crippen LogP contribution is 2.30. The van der Waals surface area contributed by atoms with E-state index >= 15 is 0 Å². The minimum atomic E-state index is -0.276. The van der Waals surface area contributed by atoms with Crippen LogP contribution in [0.2, 0.25) is 0 Å². The third-order valence-corrected chi connectivity index (χ3v) is 5.03. The molecular weight excluding hydrogens is 353 g/mol. The second-order valence-corrected chi connectivity index (χ2v) is 6.90. The maximum atomic E-state index is 14.1. The first-order chi connectivity index (χ1) is 13.5. The van der Waals surface area contributed by atoms with Gasteiger partial charge in [0, 0.05) is 36.0 Å². The summed E-state index contributed by atoms with van der Waals surface area (Å²) in [6.45, 7) is 2.67. The van der Waals surface area contributed by atoms with Gasteiger partial charge in [0.1, 0.15) is 18.6 Å². The van der Waals surface area contributed by atoms with Gasteiger partial charge < -0.3 is 15.0 Å². The highest BCUT2D eigenvalue weighted by Gasteiger charge is 2.22. The van der Waals surface area contributed by atoms with Crippen LogP contribution in [0.5, 0.6) is 5.75 Å². The van der Waals surface area contributed by atoms with Gasteiger partial charge >= 0.3 is 0 Å². The molecule has 1 aromatic heterocycles. The summed E-state index contributed by atoms with van der Waals surface area (Å²) in [7, 11) is 5.64. The lowest BCUT2D eigenvalue weighted by Gasteiger charge is -2.12. The van der Waals surface area contributed by atoms with Crippen LogP contribution in [0, 0.1) is 12.7 Å². The van der Waals surface area contributed by atoms with Crippen LogP contribution in [0.4, 0.5) is 4.39 Å². The Bertz CT molecular complexity index is 1010. The number of halogens is 1. The predicted octanol–water partition coefficient (Wildman–Crippen LogP) is 3.99. The van der Waals surface area contributed by atoms with Crippen LogP contribution >= 0.6 is 0 Å². The van der Waals surface area contributed by atoms with E-state index in [0.717, 1.165) is 29.1 Å². The molecule has 0 atom stereocenters. The van der Waals surface area contributed by atoms with Crippen LogP contribution in [0.15, 0.2) is 42.1 Å². The second-order valence-electron chi connectivity index (χ2n) is 6.90. The van der Waals surface area contributed by atoms with E-state index in [1.54, 1.807) is 25.3 Å². The highest BCUT2D eigenvalue weighted by molar-refractivity contribution is 5.79. The zero-order valence-electron chi connectivity index (χ0n) is 16.9. The SMILES string of the molecule is COc1ccc(F)c(C=Cc2cc(C)c(C(CCN)=C3C=CC=[N+]3C)n2C)c1. The third-order valence-electron chi connectivity index (χ3n) is 5.03. The molecule has 3 rings (SSSR count). The lowest BCUT2D eigenvalue weighted by molar-refractivity contribution is -0.428. The minimum Gasteiger partial charge on any atom is -0.497 e. The first-order valence-electron chi connectivity index (χ1n) is 9.32. The number of nitrogens with two attached hydrogens (primary N) is 1. The normalized spacial score (nSPS) is 15.4. The van der Waals surface area contributed by atoms with Crippen LogP contribution in [0.25, 0.3) is 17.7 Å². The quantitative estimate of drug-likeness (QED) is 0.770. The van der Waals surface area contributed by atoms with E-state index in [-0.39, 0.29) is 5.82 Å². The Labute approximate surface area is 165 Å². The number of likely N-dealkylation sites (N-methyl/N-ethyl adjacent to an activating group) is 1. The lowest BCUT2D eigenvalue weighted by atomic mass is 10.0. The molecule has 28 heavy (non-hydrogen) atoms. The largest absolute Gasteiger partial charge is 0.497 e. The Kier molecular flexibility index (Phi) is 5.95. The molecule has 5 heteroatoms. The molecule has 0 saturated carbocycles. The van der Waals surface area contributed by atoms with Crippen molar-refractivity contribution < 1.29 is 13.7 Å². The van der Waals surface area contributed by atoms with Gasteiger partial charge in [-0.2, -0.15) is 0 Å². The van der Waals surface area contributed by atoms with Crippen molar-refractivity contribution in [3.63, 3.8) is 0 Å². The van der Waals surface area contributed by atoms with Gasteiger partial charge in [0.15, 0.2) is 6.21 Å². The smallest absolute Gasteiger partial charge is 0.210 e. The number of aromatic nitrogens is 1. The molecule has 0 spiro atoms. The molecule has 0 radical (unpaired) electrons. The van der Waals surface area contributed by atoms with Gasteiger partial charge in [0.2, 0.25) is 5.70 Å². The Hall–Kier alpha value is -2.92. The molecule has 4 nitrogen and oxygen atoms in total. The van der Waals surface area contributed by atoms with Crippen molar-refractivity contribution in [3.8, 4) is 5.75 Å². The van der Waals surface area contributed by atoms with Crippen molar-refractivity contribution in [2.75, 3.05) is 20.7 Å². The Morgan fingerprint density at radius 1 is 1.29 bits per heavy atom. The van der Waals surface area contributed by atoms with E-state index < -0.39 is 0 Å². The van der Waals surface area contributed by atoms with E-state index in [1.165, 1.54) is 11.6 Å². The number of ether oxygens (including phenoxy) is 1. The summed E-state index contributed by atoms with van der Waals surface area (Å²) in [5.41, 5.74) is 12.1. The van der Waals surface area contributed by atoms with E-state index in [2.05, 4.69) is 28.2 Å². The van der Waals surface area contributed by atoms with Crippen LogP contribution in [-0.2, 0) is 7.05 Å². The van der Waals surface area contributed by atoms with Crippen molar-refractivity contribution in [1.29, 1.82) is 0 Å². The van der Waals surface area contributed by atoms with Gasteiger partial charge in [-0.25, -0.2) is 8.97 Å². The summed E-state index contributed by atoms with van der Waals surface area (Å²) < 4.78 is 23.6. The van der Waals surface area contributed by atoms with Crippen LogP contribution in [0.3, 0.4) is 0 Å². The number of aryl methyl sites for hydroxylation is 1. The first kappa shape index (κ1) is 19.8. The fraction of sp³-hybridized carbons (Fsp3) is 0.261. The van der Waals surface area contributed by atoms with Crippen LogP contribution in [0.1, 0.15) is 28.9 Å². The van der Waals surface area contributed by atoms with E-state index in [1.807, 2.05) is 32.5 Å². The molecule has 0 bridgehead atoms. The molecule has 1 aromatic carbocycles. The van der Waals surface area contributed by atoms with Gasteiger partial charge in [0.25, 0.3) is 0 Å². The molecule has 0 unspecified atom stereocenters. The molecule has 0 aliphatic carbocycles. The lowest BCUT2D eigenvalue weighted by Crippen LogP contribution is -2.10. The molecule has 2 aromatic rings. The summed E-state index contributed by atoms with van der Waals surface area (Å²) >= 11 is 0. The molecule has 0 saturated heterocycles. The van der Waals surface area contributed by atoms with Crippen molar-refractivity contribution in [2.24, 2.45) is 12.8 Å². The van der Waals surface area contributed by atoms with Crippen molar-refractivity contribution in [2.45, 2.75) is 13.3 Å². The Morgan fingerprint density at radius 3 is 2.71 bits per heavy atom. The molecule has 1 aliphatic heterocycles. The summed E-state index contributed by atoms with van der Waals surface area (Å²) in [5, 5.41) is 0. The number of methoxy groups -OCH3 is 1. The molecule has 1 aliphatic rings. The van der Waals surface area contributed by atoms with Gasteiger partial charge in [0.05, 0.1) is 12.8 Å². The molecule has 146 valence electrons. The van der Waals surface area contributed by atoms with Crippen molar-refractivity contribution in [3.05, 3.63) is 70.4 Å². The molecule has 0 fully saturated rings. The van der Waals surface area contributed by atoms with Crippen LogP contribution < -0.4 is 10.5 Å². The molecule has 2 N–H and O–H groups in total. The number of hydrogen-bond acceptors (Lipinski definition) is 2. The van der Waals surface area contributed by atoms with Gasteiger partial charge in [-0.05, 0) is 61.9 Å². The van der Waals surface area contributed by atoms with E-state index in [0.29, 0.717) is 17.9 Å². The average molecular weight is 380 g/mol. The summed E-state index contributed by atoms with van der Waals surface area (Å²) in [6, 6.07) is 6.84. The van der Waals surface area contributed by atoms with E-state index in [4.69, 9.17) is 10.5 Å². The molecular formula is C23H27FN3O+. The Morgan fingerprint density at radius 2 is 2.07 bits per heavy atom. The first-order valence-corrected chi connectivity index (χ1v) is 9.32. The number of benzene rings is 1. The number of allylic oxidation sites excluding steroid dienone is 2. The summed E-state index contributed by atoms with van der Waals surface area (Å²) in [4.78, 5) is 0. The fourth-order valence-electron chi connectivity index (χ4n) is 3.62. The minimum absolute atomic E-state index is 0.276. The molecule has 0 amide bonds. The maximum absolute atomic E-state index is 14.1. The van der Waals surface area contributed by atoms with Gasteiger partial charge in [-0.15, -0.1) is 0 Å². The van der Waals surface area contributed by atoms with Gasteiger partial charge in [-0.1, -0.05) is 0 Å². The Balaban J connectivity index is 2.03. The maximum Gasteiger partial charge on any atom is 0.210 e. The fourth-order valence-corrected chi connectivity index (χ4v) is 3.62. The second kappa shape index (κ2) is 8.40. The summed E-state index contributed by atoms with van der Waals surface area (Å²) in [5.74, 6) is 0.356. The zero-order chi connectivity index (χ0) is 20.3. The highest BCUT2D eigenvalue weighted by atomic mass is 19.1. The van der Waals surface area contributed by atoms with Crippen molar-refractivity contribution in [1.82, 2.24) is 4.57 Å². The standard InChI is InChI=1S/C23H27FN3O/c1-16-14-18(8-7-17-15-19(28-4)9-10-21(17)24)27(3)23(16)20(11-12-25)22-6-5-13-26(22)2/h5-10,13-15H,11-12,25H2,1-4H3/q+1. The van der Waals surface area contributed by atoms with E-state index in [9.17, 15) is 4.39 Å². The topological polar surface area (TPSA) is 43.2 Å². The van der Waals surface area contributed by atoms with Crippen molar-refractivity contribution >= 4 is 23.9 Å². The number of hydrogen-bond donors (Lipinski definition) is 1. The monoisotopic (exact) mass is 380 g/mol. The average Bonchev–Trinajstić information content (AvgIpc) is 3.22. The third kappa shape index (κ3) is 3.85. The van der Waals surface area contributed by atoms with Crippen LogP contribution in [-0.4, -0.2) is 36.1 Å². The number of rotatable bonds is 6. The zero-order valence-corrected chi connectivity index (χ0v) is 16.9. The number of nitrogens with zero attached hydrogens (tertiary/aromatic N) is 2. The summed E-state index contributed by atoms with van der Waals surface area (Å²) in [6.07, 6.45) is 10.7. The molecule has 2 heterocycles. The van der Waals surface area contributed by atoms with Gasteiger partial charge in [-0.3, -0.25) is 0 Å². The predicted molar refractivity (Wildman–Crippen MR) is 114 cm³/mol.